The topological polar surface area (TPSA) is 126 Å². The van der Waals surface area contributed by atoms with Gasteiger partial charge >= 0.3 is 0 Å². The van der Waals surface area contributed by atoms with Crippen LogP contribution in [-0.4, -0.2) is 5.71 Å². The van der Waals surface area contributed by atoms with Crippen molar-refractivity contribution in [2.45, 2.75) is 103 Å². The Kier molecular flexibility index (Phi) is 10.2. The molecule has 0 N–H and O–H groups in total. The summed E-state index contributed by atoms with van der Waals surface area (Å²) in [6, 6.07) is 31.4. The van der Waals surface area contributed by atoms with E-state index in [1.807, 2.05) is 54.6 Å². The Morgan fingerprint density at radius 1 is 0.406 bits per heavy atom. The third kappa shape index (κ3) is 6.29. The fourth-order valence-electron chi connectivity index (χ4n) is 11.7. The van der Waals surface area contributed by atoms with Crippen molar-refractivity contribution in [1.29, 1.82) is 15.8 Å². The maximum absolute atomic E-state index is 10.3. The van der Waals surface area contributed by atoms with Crippen molar-refractivity contribution in [1.82, 2.24) is 15.0 Å². The van der Waals surface area contributed by atoms with Crippen LogP contribution in [0.3, 0.4) is 0 Å². The van der Waals surface area contributed by atoms with E-state index in [0.29, 0.717) is 16.7 Å². The molecule has 0 saturated heterocycles. The normalized spacial score (nSPS) is 17.4. The first-order valence-electron chi connectivity index (χ1n) is 23.0. The van der Waals surface area contributed by atoms with Crippen LogP contribution in [0, 0.1) is 34.0 Å². The van der Waals surface area contributed by atoms with E-state index in [1.54, 1.807) is 0 Å². The molecule has 317 valence electrons. The summed E-state index contributed by atoms with van der Waals surface area (Å²) in [5.74, 6) is 0. The second-order valence-corrected chi connectivity index (χ2v) is 18.1. The summed E-state index contributed by atoms with van der Waals surface area (Å²) in [5.41, 5.74) is 23.7. The van der Waals surface area contributed by atoms with E-state index >= 15 is 0 Å². The third-order valence-corrected chi connectivity index (χ3v) is 14.5. The van der Waals surface area contributed by atoms with Gasteiger partial charge in [0.15, 0.2) is 0 Å². The molecule has 8 bridgehead atoms. The molecular formula is C56H44CuN7-3. The third-order valence-electron chi connectivity index (χ3n) is 14.5. The minimum absolute atomic E-state index is 0. The summed E-state index contributed by atoms with van der Waals surface area (Å²) in [6.07, 6.45) is 15.9. The van der Waals surface area contributed by atoms with Crippen LogP contribution < -0.4 is 25.7 Å². The fraction of sp³-hybridized carbons (Fsp3) is 0.286. The molecular weight excluding hydrogens is 834 g/mol. The van der Waals surface area contributed by atoms with Gasteiger partial charge in [-0.1, -0.05) is 69.8 Å². The van der Waals surface area contributed by atoms with Crippen molar-refractivity contribution >= 4 is 22.4 Å². The number of rotatable bonds is 3. The van der Waals surface area contributed by atoms with E-state index in [1.165, 1.54) is 44.5 Å². The molecule has 1 aliphatic heterocycles. The Morgan fingerprint density at radius 3 is 1.25 bits per heavy atom. The molecule has 0 saturated carbocycles. The minimum Gasteiger partial charge on any atom is -0.656 e. The van der Waals surface area contributed by atoms with Crippen molar-refractivity contribution < 1.29 is 17.1 Å². The SMILES string of the molecule is N#Cc1cccc(C2=C3N=C(C4=C3CCCC4)c3[n-]c(c4c3CCCC4)C(c3cccc(C#N)c3)=c3[n-]c(c4c3CCCC4)=C(c3cccc(C#N)c3)c3[n-]c2c2c3CCCC2)c1.[Cu]. The van der Waals surface area contributed by atoms with Gasteiger partial charge in [-0.15, -0.1) is 33.5 Å². The Labute approximate surface area is 384 Å². The maximum atomic E-state index is 10.3. The summed E-state index contributed by atoms with van der Waals surface area (Å²) in [7, 11) is 0. The average Bonchev–Trinajstić information content (AvgIpc) is 4.12. The van der Waals surface area contributed by atoms with Crippen LogP contribution in [0.5, 0.6) is 0 Å². The molecule has 3 aromatic carbocycles. The van der Waals surface area contributed by atoms with Crippen LogP contribution in [-0.2, 0) is 55.6 Å². The van der Waals surface area contributed by atoms with Gasteiger partial charge in [-0.3, -0.25) is 0 Å². The smallest absolute Gasteiger partial charge is 0.0991 e. The maximum Gasteiger partial charge on any atom is 0.0991 e. The van der Waals surface area contributed by atoms with Gasteiger partial charge in [0.1, 0.15) is 0 Å². The molecule has 0 amide bonds. The number of aliphatic imine (C=N–C) groups is 1. The van der Waals surface area contributed by atoms with E-state index in [0.717, 1.165) is 181 Å². The number of aromatic nitrogens is 3. The minimum atomic E-state index is 0. The van der Waals surface area contributed by atoms with Crippen LogP contribution in [0.25, 0.3) is 16.7 Å². The second kappa shape index (κ2) is 16.2. The predicted molar refractivity (Wildman–Crippen MR) is 243 cm³/mol. The van der Waals surface area contributed by atoms with Crippen LogP contribution >= 0.6 is 0 Å². The zero-order valence-electron chi connectivity index (χ0n) is 35.7. The number of nitriles is 3. The van der Waals surface area contributed by atoms with Gasteiger partial charge in [0.05, 0.1) is 46.3 Å². The first-order valence-corrected chi connectivity index (χ1v) is 23.0. The van der Waals surface area contributed by atoms with Crippen molar-refractivity contribution in [3.8, 4) is 18.2 Å². The van der Waals surface area contributed by atoms with Crippen LogP contribution in [0.4, 0.5) is 0 Å². The molecule has 0 spiro atoms. The summed E-state index contributed by atoms with van der Waals surface area (Å²) in [4.78, 5) is 23.5. The largest absolute Gasteiger partial charge is 0.656 e. The monoisotopic (exact) mass is 877 g/mol. The molecule has 64 heavy (non-hydrogen) atoms. The molecule has 8 heteroatoms. The average molecular weight is 879 g/mol. The van der Waals surface area contributed by atoms with Gasteiger partial charge in [-0.2, -0.15) is 15.8 Å². The standard InChI is InChI=1S/C56H44N7.Cu/c57-29-32-12-9-15-35(26-32)46-49-38-18-1-3-20-40(38)51(60-49)47(36-16-10-13-33(27-36)30-58)53-42-22-5-7-24-44(42)55(62-53)56-45-25-8-6-23-43(45)54(63-56)48(37-17-11-14-34(28-37)31-59)52-41-21-4-2-19-39(41)50(46)61-52;/h9-17,26-28H,1-8,18-25H2;/q-3;. The van der Waals surface area contributed by atoms with Crippen LogP contribution in [0.1, 0.15) is 154 Å². The molecule has 6 aliphatic rings. The van der Waals surface area contributed by atoms with Gasteiger partial charge in [0, 0.05) is 17.1 Å². The van der Waals surface area contributed by atoms with Gasteiger partial charge in [0.25, 0.3) is 0 Å². The summed E-state index contributed by atoms with van der Waals surface area (Å²) in [6.45, 7) is 0. The van der Waals surface area contributed by atoms with E-state index in [4.69, 9.17) is 19.9 Å². The molecule has 1 radical (unpaired) electrons. The predicted octanol–water partition coefficient (Wildman–Crippen LogP) is 8.75. The van der Waals surface area contributed by atoms with E-state index < -0.39 is 0 Å². The van der Waals surface area contributed by atoms with Gasteiger partial charge in [-0.05, 0) is 184 Å². The Bertz CT molecular complexity index is 3340. The van der Waals surface area contributed by atoms with Gasteiger partial charge in [-0.25, -0.2) is 4.99 Å². The zero-order chi connectivity index (χ0) is 42.2. The van der Waals surface area contributed by atoms with Crippen LogP contribution in [0.15, 0.2) is 94.6 Å². The van der Waals surface area contributed by atoms with Gasteiger partial charge < -0.3 is 15.0 Å². The molecule has 12 rings (SSSR count). The Balaban J connectivity index is 0.00000456. The summed E-state index contributed by atoms with van der Waals surface area (Å²) < 4.78 is 0. The van der Waals surface area contributed by atoms with E-state index in [9.17, 15) is 15.8 Å². The van der Waals surface area contributed by atoms with Crippen molar-refractivity contribution in [2.24, 2.45) is 4.99 Å². The van der Waals surface area contributed by atoms with Crippen molar-refractivity contribution in [3.63, 3.8) is 0 Å². The molecule has 0 unspecified atom stereocenters. The molecule has 3 aromatic heterocycles. The summed E-state index contributed by atoms with van der Waals surface area (Å²) in [5, 5.41) is 32.8. The van der Waals surface area contributed by atoms with E-state index in [-0.39, 0.29) is 17.1 Å². The molecule has 6 aromatic rings. The quantitative estimate of drug-likeness (QED) is 0.164. The first-order chi connectivity index (χ1) is 31.1. The number of allylic oxidation sites excluding steroid dienone is 2. The van der Waals surface area contributed by atoms with Crippen molar-refractivity contribution in [3.05, 3.63) is 190 Å². The van der Waals surface area contributed by atoms with Gasteiger partial charge in [0.2, 0.25) is 0 Å². The first kappa shape index (κ1) is 40.2. The number of hydrogen-bond acceptors (Lipinski definition) is 4. The number of fused-ring (bicyclic) bond motifs is 1. The molecule has 5 aliphatic carbocycles. The molecule has 0 atom stereocenters. The number of benzene rings is 3. The number of nitrogens with zero attached hydrogens (tertiary/aromatic N) is 7. The van der Waals surface area contributed by atoms with Crippen molar-refractivity contribution in [2.75, 3.05) is 0 Å². The molecule has 7 nitrogen and oxygen atoms in total. The zero-order valence-corrected chi connectivity index (χ0v) is 36.6. The fourth-order valence-corrected chi connectivity index (χ4v) is 11.7. The molecule has 0 fully saturated rings. The summed E-state index contributed by atoms with van der Waals surface area (Å²) >= 11 is 0. The second-order valence-electron chi connectivity index (χ2n) is 18.1. The van der Waals surface area contributed by atoms with E-state index in [2.05, 4.69) is 36.4 Å². The number of hydrogen-bond donors (Lipinski definition) is 0. The molecule has 4 heterocycles. The Hall–Kier alpha value is -6.62. The van der Waals surface area contributed by atoms with Crippen LogP contribution in [0.2, 0.25) is 0 Å². The Morgan fingerprint density at radius 2 is 0.781 bits per heavy atom.